The van der Waals surface area contributed by atoms with E-state index >= 15 is 0 Å². The summed E-state index contributed by atoms with van der Waals surface area (Å²) in [5, 5.41) is 2.12. The quantitative estimate of drug-likeness (QED) is 0.127. The Morgan fingerprint density at radius 1 is 0.559 bits per heavy atom. The maximum absolute atomic E-state index is 9.26. The summed E-state index contributed by atoms with van der Waals surface area (Å²) in [5.41, 5.74) is 13.0. The molecule has 11 aromatic rings. The molecule has 0 atom stereocenters. The van der Waals surface area contributed by atoms with Crippen molar-refractivity contribution in [1.29, 1.82) is 0 Å². The summed E-state index contributed by atoms with van der Waals surface area (Å²) in [4.78, 5) is 4.86. The summed E-state index contributed by atoms with van der Waals surface area (Å²) < 4.78 is 57.5. The summed E-state index contributed by atoms with van der Waals surface area (Å²) in [7, 11) is 0. The van der Waals surface area contributed by atoms with E-state index in [1.165, 1.54) is 5.56 Å². The first-order chi connectivity index (χ1) is 34.6. The molecule has 0 radical (unpaired) electrons. The van der Waals surface area contributed by atoms with E-state index in [0.717, 1.165) is 77.6 Å². The first kappa shape index (κ1) is 37.7. The van der Waals surface area contributed by atoms with Gasteiger partial charge in [-0.1, -0.05) is 168 Å². The average Bonchev–Trinajstić information content (AvgIpc) is 3.93. The molecule has 0 spiro atoms. The van der Waals surface area contributed by atoms with Crippen LogP contribution < -0.4 is 9.30 Å². The van der Waals surface area contributed by atoms with Crippen LogP contribution in [0.25, 0.3) is 94.5 Å². The van der Waals surface area contributed by atoms with Gasteiger partial charge in [0.2, 0.25) is 0 Å². The molecule has 0 saturated carbocycles. The smallest absolute Gasteiger partial charge is 0.268 e. The van der Waals surface area contributed by atoms with Gasteiger partial charge in [-0.3, -0.25) is 4.57 Å². The summed E-state index contributed by atoms with van der Waals surface area (Å²) >= 11 is 0. The van der Waals surface area contributed by atoms with Crippen molar-refractivity contribution in [2.75, 3.05) is 0 Å². The summed E-state index contributed by atoms with van der Waals surface area (Å²) in [6.45, 7) is 13.2. The second-order valence-electron chi connectivity index (χ2n) is 19.3. The number of rotatable bonds is 5. The number of para-hydroxylation sites is 2. The van der Waals surface area contributed by atoms with Gasteiger partial charge in [-0.15, -0.1) is 29.7 Å². The van der Waals surface area contributed by atoms with Gasteiger partial charge in [0.1, 0.15) is 5.82 Å². The van der Waals surface area contributed by atoms with Crippen LogP contribution in [0.4, 0.5) is 0 Å². The van der Waals surface area contributed by atoms with Gasteiger partial charge >= 0.3 is 0 Å². The van der Waals surface area contributed by atoms with Crippen LogP contribution in [0.2, 0.25) is 0 Å². The fourth-order valence-electron chi connectivity index (χ4n) is 9.63. The van der Waals surface area contributed by atoms with Gasteiger partial charge in [-0.25, -0.2) is 4.98 Å². The van der Waals surface area contributed by atoms with Crippen LogP contribution in [0.1, 0.15) is 59.5 Å². The predicted octanol–water partition coefficient (Wildman–Crippen LogP) is 15.2. The van der Waals surface area contributed by atoms with E-state index in [1.54, 1.807) is 0 Å². The Bertz CT molecular complexity index is 4040. The van der Waals surface area contributed by atoms with Crippen molar-refractivity contribution in [3.63, 3.8) is 0 Å². The molecule has 0 fully saturated rings. The van der Waals surface area contributed by atoms with Gasteiger partial charge in [0, 0.05) is 44.3 Å². The molecular formula is C62H48N4OPt-2. The van der Waals surface area contributed by atoms with Crippen LogP contribution in [0.3, 0.4) is 0 Å². The number of nitrogens with zero attached hydrogens (tertiary/aromatic N) is 4. The van der Waals surface area contributed by atoms with Crippen LogP contribution in [0, 0.1) is 18.5 Å². The minimum absolute atomic E-state index is 0. The normalized spacial score (nSPS) is 13.2. The molecule has 1 aliphatic heterocycles. The van der Waals surface area contributed by atoms with E-state index < -0.39 is 18.1 Å². The van der Waals surface area contributed by atoms with Crippen LogP contribution >= 0.6 is 0 Å². The fourth-order valence-corrected chi connectivity index (χ4v) is 9.63. The topological polar surface area (TPSA) is 35.9 Å². The molecule has 4 heterocycles. The number of ether oxygens (including phenoxy) is 1. The second-order valence-corrected chi connectivity index (χ2v) is 19.3. The molecule has 5 nitrogen and oxygen atoms in total. The standard InChI is InChI=1S/C62H48N4O.Pt/c1-61(2,3)41-32-33-63-58(36-41)66-55-29-15-14-26-51(55)52-31-30-45(38-56(52)66)67-44-21-16-20-43(37-44)64-39-65-59-46(40-18-8-7-9-19-40)27-17-28-53(59)49-24-12-10-22-47(49)48-23-11-13-25-50(48)54-34-42(62(4,5)6)35-57(64)60(54)65;/h7-36H,1-6H3;/q-2;/i7D,8D,9D,18D,19D;. The molecule has 0 N–H and O–H groups in total. The van der Waals surface area contributed by atoms with Crippen LogP contribution in [-0.4, -0.2) is 14.1 Å². The molecule has 0 amide bonds. The van der Waals surface area contributed by atoms with Gasteiger partial charge in [0.05, 0.1) is 23.6 Å². The Hall–Kier alpha value is -7.33. The van der Waals surface area contributed by atoms with Crippen molar-refractivity contribution < 1.29 is 37.2 Å². The van der Waals surface area contributed by atoms with Crippen molar-refractivity contribution in [3.8, 4) is 73.2 Å². The minimum Gasteiger partial charge on any atom is -0.510 e. The molecule has 1 aliphatic rings. The molecule has 3 aromatic heterocycles. The van der Waals surface area contributed by atoms with Crippen LogP contribution in [-0.2, 0) is 31.9 Å². The number of fused-ring (bicyclic) bond motifs is 10. The fraction of sp³-hybridized carbons (Fsp3) is 0.129. The Morgan fingerprint density at radius 2 is 1.19 bits per heavy atom. The van der Waals surface area contributed by atoms with Crippen molar-refractivity contribution in [2.45, 2.75) is 52.4 Å². The first-order valence-corrected chi connectivity index (χ1v) is 22.6. The molecule has 334 valence electrons. The van der Waals surface area contributed by atoms with Gasteiger partial charge < -0.3 is 13.9 Å². The zero-order chi connectivity index (χ0) is 50.0. The molecule has 0 bridgehead atoms. The molecule has 0 aliphatic carbocycles. The van der Waals surface area contributed by atoms with E-state index in [4.69, 9.17) is 13.8 Å². The predicted molar refractivity (Wildman–Crippen MR) is 273 cm³/mol. The summed E-state index contributed by atoms with van der Waals surface area (Å²) in [6.07, 6.45) is 5.65. The van der Waals surface area contributed by atoms with Gasteiger partial charge in [-0.05, 0) is 102 Å². The van der Waals surface area contributed by atoms with E-state index in [0.29, 0.717) is 28.4 Å². The number of pyridine rings is 1. The largest absolute Gasteiger partial charge is 0.510 e. The first-order valence-electron chi connectivity index (χ1n) is 25.1. The Balaban J connectivity index is 0.00000574. The number of hydrogen-bond acceptors (Lipinski definition) is 2. The SMILES string of the molecule is [2H]c1c([2H])c([2H])c(-c2cccc3c2-[n+]2[c-]n(-c4[c-]c(Oc5[c-]c6c(cc5)c5ccccc5n6-c5cc(C(C)(C)C)ccn5)ccc4)c4cc(C(C)(C)C)cc(c42)-c2ccccc2-c2ccccc2-3)c([2H])c1[2H].[Pt]. The molecule has 6 heteroatoms. The third kappa shape index (κ3) is 7.20. The van der Waals surface area contributed by atoms with Crippen molar-refractivity contribution in [2.24, 2.45) is 0 Å². The van der Waals surface area contributed by atoms with Crippen molar-refractivity contribution in [1.82, 2.24) is 14.1 Å². The third-order valence-corrected chi connectivity index (χ3v) is 13.0. The van der Waals surface area contributed by atoms with Gasteiger partial charge in [0.25, 0.3) is 6.33 Å². The molecule has 8 aromatic carbocycles. The molecule has 0 unspecified atom stereocenters. The zero-order valence-electron chi connectivity index (χ0n) is 43.4. The Kier molecular flexibility index (Phi) is 9.14. The number of imidazole rings is 1. The van der Waals surface area contributed by atoms with Crippen molar-refractivity contribution >= 4 is 32.8 Å². The molecule has 12 rings (SSSR count). The monoisotopic (exact) mass is 1060 g/mol. The van der Waals surface area contributed by atoms with Crippen LogP contribution in [0.15, 0.2) is 182 Å². The molecule has 0 saturated heterocycles. The van der Waals surface area contributed by atoms with E-state index in [1.807, 2.05) is 82.1 Å². The maximum Gasteiger partial charge on any atom is 0.268 e. The maximum atomic E-state index is 9.26. The Morgan fingerprint density at radius 3 is 1.93 bits per heavy atom. The minimum atomic E-state index is -0.446. The number of benzene rings is 8. The number of hydrogen-bond donors (Lipinski definition) is 0. The van der Waals surface area contributed by atoms with Gasteiger partial charge in [-0.2, -0.15) is 18.2 Å². The molecule has 68 heavy (non-hydrogen) atoms. The van der Waals surface area contributed by atoms with E-state index in [9.17, 15) is 2.74 Å². The number of aromatic nitrogens is 4. The van der Waals surface area contributed by atoms with E-state index in [-0.39, 0.29) is 49.5 Å². The zero-order valence-corrected chi connectivity index (χ0v) is 40.7. The third-order valence-electron chi connectivity index (χ3n) is 13.0. The van der Waals surface area contributed by atoms with Gasteiger partial charge in [0.15, 0.2) is 0 Å². The average molecular weight is 1070 g/mol. The van der Waals surface area contributed by atoms with E-state index in [2.05, 4.69) is 143 Å². The Labute approximate surface area is 419 Å². The summed E-state index contributed by atoms with van der Waals surface area (Å²) in [5.74, 6) is 1.78. The summed E-state index contributed by atoms with van der Waals surface area (Å²) in [6, 6.07) is 54.7. The van der Waals surface area contributed by atoms with Crippen LogP contribution in [0.5, 0.6) is 11.5 Å². The second kappa shape index (κ2) is 16.5. The van der Waals surface area contributed by atoms with Crippen molar-refractivity contribution in [3.05, 3.63) is 212 Å². The molecular weight excluding hydrogens is 1010 g/mol.